The van der Waals surface area contributed by atoms with E-state index < -0.39 is 41.9 Å². The molecule has 1 unspecified atom stereocenters. The summed E-state index contributed by atoms with van der Waals surface area (Å²) in [6.07, 6.45) is -10.7. The van der Waals surface area contributed by atoms with E-state index in [9.17, 15) is 39.5 Å². The molecule has 156 valence electrons. The number of ether oxygens (including phenoxy) is 1. The number of halogens is 9. The van der Waals surface area contributed by atoms with E-state index in [4.69, 9.17) is 4.74 Å². The van der Waals surface area contributed by atoms with E-state index in [-0.39, 0.29) is 5.56 Å². The third-order valence-electron chi connectivity index (χ3n) is 4.06. The summed E-state index contributed by atoms with van der Waals surface area (Å²) in [6, 6.07) is 5.63. The lowest BCUT2D eigenvalue weighted by Gasteiger charge is -2.35. The highest BCUT2D eigenvalue weighted by Gasteiger charge is 2.81. The van der Waals surface area contributed by atoms with Gasteiger partial charge in [0.05, 0.1) is 6.10 Å². The van der Waals surface area contributed by atoms with E-state index >= 15 is 0 Å². The molecule has 0 heterocycles. The fourth-order valence-electron chi connectivity index (χ4n) is 2.31. The maximum atomic E-state index is 13.9. The van der Waals surface area contributed by atoms with Crippen molar-refractivity contribution in [2.24, 2.45) is 0 Å². The number of hydrogen-bond donors (Lipinski definition) is 0. The molecule has 1 rings (SSSR count). The Morgan fingerprint density at radius 2 is 1.37 bits per heavy atom. The number of hydrogen-bond acceptors (Lipinski definition) is 1. The van der Waals surface area contributed by atoms with Crippen LogP contribution >= 0.6 is 0 Å². The highest BCUT2D eigenvalue weighted by molar-refractivity contribution is 5.30. The molecule has 10 heteroatoms. The molecule has 0 aromatic heterocycles. The topological polar surface area (TPSA) is 9.23 Å². The molecular weight excluding hydrogens is 391 g/mol. The van der Waals surface area contributed by atoms with Gasteiger partial charge in [0.2, 0.25) is 0 Å². The highest BCUT2D eigenvalue weighted by atomic mass is 19.4. The SMILES string of the molecule is COC(CC(F)(F)C(F)(F)C(F)(F)C(F)(F)F)c1cccc(C(C)(C)C)c1. The van der Waals surface area contributed by atoms with E-state index in [1.54, 1.807) is 26.8 Å². The Labute approximate surface area is 150 Å². The van der Waals surface area contributed by atoms with Crippen LogP contribution in [0.4, 0.5) is 39.5 Å². The first-order chi connectivity index (χ1) is 11.9. The van der Waals surface area contributed by atoms with Gasteiger partial charge in [0, 0.05) is 13.5 Å². The summed E-state index contributed by atoms with van der Waals surface area (Å²) >= 11 is 0. The Kier molecular flexibility index (Phi) is 6.27. The smallest absolute Gasteiger partial charge is 0.377 e. The molecule has 0 aliphatic rings. The Balaban J connectivity index is 3.26. The van der Waals surface area contributed by atoms with Crippen LogP contribution in [0.1, 0.15) is 44.4 Å². The van der Waals surface area contributed by atoms with Crippen molar-refractivity contribution < 1.29 is 44.3 Å². The Morgan fingerprint density at radius 3 is 1.78 bits per heavy atom. The van der Waals surface area contributed by atoms with Crippen LogP contribution < -0.4 is 0 Å². The van der Waals surface area contributed by atoms with E-state index in [0.29, 0.717) is 5.56 Å². The summed E-state index contributed by atoms with van der Waals surface area (Å²) in [5, 5.41) is 0. The molecule has 0 radical (unpaired) electrons. The summed E-state index contributed by atoms with van der Waals surface area (Å²) in [4.78, 5) is 0. The number of alkyl halides is 9. The largest absolute Gasteiger partial charge is 0.460 e. The summed E-state index contributed by atoms with van der Waals surface area (Å²) < 4.78 is 122. The normalized spacial score (nSPS) is 15.7. The van der Waals surface area contributed by atoms with Gasteiger partial charge >= 0.3 is 23.9 Å². The van der Waals surface area contributed by atoms with Gasteiger partial charge in [0.1, 0.15) is 0 Å². The number of benzene rings is 1. The minimum atomic E-state index is -6.91. The molecule has 0 fully saturated rings. The maximum absolute atomic E-state index is 13.9. The monoisotopic (exact) mass is 410 g/mol. The van der Waals surface area contributed by atoms with Gasteiger partial charge in [-0.3, -0.25) is 0 Å². The molecule has 0 amide bonds. The first-order valence-corrected chi connectivity index (χ1v) is 7.72. The fraction of sp³-hybridized carbons (Fsp3) is 0.647. The van der Waals surface area contributed by atoms with Crippen LogP contribution in [0, 0.1) is 0 Å². The molecule has 0 aliphatic heterocycles. The van der Waals surface area contributed by atoms with Gasteiger partial charge < -0.3 is 4.74 Å². The fourth-order valence-corrected chi connectivity index (χ4v) is 2.31. The van der Waals surface area contributed by atoms with Crippen molar-refractivity contribution in [3.05, 3.63) is 35.4 Å². The van der Waals surface area contributed by atoms with Gasteiger partial charge in [-0.05, 0) is 16.5 Å². The van der Waals surface area contributed by atoms with Crippen LogP contribution in [-0.2, 0) is 10.2 Å². The summed E-state index contributed by atoms with van der Waals surface area (Å²) in [6.45, 7) is 5.34. The zero-order valence-electron chi connectivity index (χ0n) is 14.9. The summed E-state index contributed by atoms with van der Waals surface area (Å²) in [7, 11) is 0.866. The van der Waals surface area contributed by atoms with Crippen LogP contribution in [0.5, 0.6) is 0 Å². The van der Waals surface area contributed by atoms with Crippen LogP contribution in [0.15, 0.2) is 24.3 Å². The number of methoxy groups -OCH3 is 1. The summed E-state index contributed by atoms with van der Waals surface area (Å²) in [5.74, 6) is -19.3. The Bertz CT molecular complexity index is 645. The molecule has 0 aliphatic carbocycles. The first kappa shape index (κ1) is 23.6. The predicted octanol–water partition coefficient (Wildman–Crippen LogP) is 6.53. The lowest BCUT2D eigenvalue weighted by atomic mass is 9.85. The molecule has 0 N–H and O–H groups in total. The Hall–Kier alpha value is -1.45. The molecule has 1 nitrogen and oxygen atoms in total. The van der Waals surface area contributed by atoms with Gasteiger partial charge in [-0.25, -0.2) is 0 Å². The van der Waals surface area contributed by atoms with E-state index in [1.807, 2.05) is 0 Å². The van der Waals surface area contributed by atoms with E-state index in [2.05, 4.69) is 0 Å². The lowest BCUT2D eigenvalue weighted by Crippen LogP contribution is -2.61. The Morgan fingerprint density at radius 1 is 0.852 bits per heavy atom. The van der Waals surface area contributed by atoms with Gasteiger partial charge in [0.25, 0.3) is 0 Å². The minimum Gasteiger partial charge on any atom is -0.377 e. The van der Waals surface area contributed by atoms with E-state index in [1.165, 1.54) is 18.2 Å². The third kappa shape index (κ3) is 4.52. The zero-order valence-corrected chi connectivity index (χ0v) is 14.9. The van der Waals surface area contributed by atoms with Crippen LogP contribution in [-0.4, -0.2) is 31.1 Å². The molecule has 27 heavy (non-hydrogen) atoms. The third-order valence-corrected chi connectivity index (χ3v) is 4.06. The molecule has 0 saturated heterocycles. The van der Waals surface area contributed by atoms with Crippen molar-refractivity contribution >= 4 is 0 Å². The van der Waals surface area contributed by atoms with Crippen molar-refractivity contribution in [3.63, 3.8) is 0 Å². The maximum Gasteiger partial charge on any atom is 0.460 e. The second-order valence-corrected chi connectivity index (χ2v) is 7.15. The molecular formula is C17H19F9O. The standard InChI is InChI=1S/C17H19F9O/c1-13(2,3)11-7-5-6-10(8-11)12(27-4)9-14(18,19)15(20,21)16(22,23)17(24,25)26/h5-8,12H,9H2,1-4H3. The van der Waals surface area contributed by atoms with Crippen LogP contribution in [0.2, 0.25) is 0 Å². The second-order valence-electron chi connectivity index (χ2n) is 7.15. The van der Waals surface area contributed by atoms with Crippen molar-refractivity contribution in [2.45, 2.75) is 62.7 Å². The minimum absolute atomic E-state index is 0.0456. The molecule has 1 aromatic rings. The van der Waals surface area contributed by atoms with Crippen LogP contribution in [0.25, 0.3) is 0 Å². The van der Waals surface area contributed by atoms with Gasteiger partial charge in [-0.15, -0.1) is 0 Å². The molecule has 1 aromatic carbocycles. The second kappa shape index (κ2) is 7.18. The average Bonchev–Trinajstić information content (AvgIpc) is 2.50. The van der Waals surface area contributed by atoms with Crippen LogP contribution in [0.3, 0.4) is 0 Å². The van der Waals surface area contributed by atoms with Gasteiger partial charge in [-0.2, -0.15) is 39.5 Å². The van der Waals surface area contributed by atoms with E-state index in [0.717, 1.165) is 7.11 Å². The first-order valence-electron chi connectivity index (χ1n) is 7.72. The van der Waals surface area contributed by atoms with Gasteiger partial charge in [0.15, 0.2) is 0 Å². The number of rotatable bonds is 6. The average molecular weight is 410 g/mol. The molecule has 0 bridgehead atoms. The van der Waals surface area contributed by atoms with Crippen molar-refractivity contribution in [1.82, 2.24) is 0 Å². The van der Waals surface area contributed by atoms with Crippen molar-refractivity contribution in [2.75, 3.05) is 7.11 Å². The summed E-state index contributed by atoms with van der Waals surface area (Å²) in [5.41, 5.74) is 0.109. The molecule has 0 spiro atoms. The highest BCUT2D eigenvalue weighted by Crippen LogP contribution is 2.55. The van der Waals surface area contributed by atoms with Gasteiger partial charge in [-0.1, -0.05) is 45.0 Å². The molecule has 1 atom stereocenters. The zero-order chi connectivity index (χ0) is 21.5. The quantitative estimate of drug-likeness (QED) is 0.485. The van der Waals surface area contributed by atoms with Crippen molar-refractivity contribution in [1.29, 1.82) is 0 Å². The lowest BCUT2D eigenvalue weighted by molar-refractivity contribution is -0.398. The van der Waals surface area contributed by atoms with Crippen molar-refractivity contribution in [3.8, 4) is 0 Å². The molecule has 0 saturated carbocycles. The predicted molar refractivity (Wildman–Crippen MR) is 80.4 cm³/mol.